The molecular formula is C28H27ClN2O5. The lowest BCUT2D eigenvalue weighted by molar-refractivity contribution is -0.139. The number of hydrogen-bond acceptors (Lipinski definition) is 5. The molecule has 2 aromatic rings. The van der Waals surface area contributed by atoms with E-state index < -0.39 is 11.9 Å². The van der Waals surface area contributed by atoms with Gasteiger partial charge in [-0.15, -0.1) is 0 Å². The molecule has 5 rings (SSSR count). The zero-order valence-electron chi connectivity index (χ0n) is 20.4. The Morgan fingerprint density at radius 2 is 1.69 bits per heavy atom. The van der Waals surface area contributed by atoms with Gasteiger partial charge in [-0.05, 0) is 75.1 Å². The van der Waals surface area contributed by atoms with Crippen molar-refractivity contribution in [3.05, 3.63) is 64.2 Å². The van der Waals surface area contributed by atoms with Crippen molar-refractivity contribution in [1.29, 1.82) is 0 Å². The molecule has 8 heteroatoms. The molecule has 0 spiro atoms. The van der Waals surface area contributed by atoms with E-state index in [-0.39, 0.29) is 42.5 Å². The number of ether oxygens (including phenoxy) is 1. The second kappa shape index (κ2) is 9.21. The third kappa shape index (κ3) is 4.22. The van der Waals surface area contributed by atoms with Crippen molar-refractivity contribution in [1.82, 2.24) is 0 Å². The van der Waals surface area contributed by atoms with Crippen LogP contribution in [0.5, 0.6) is 5.75 Å². The maximum absolute atomic E-state index is 13.1. The second-order valence-corrected chi connectivity index (χ2v) is 10.3. The molecule has 0 N–H and O–H groups in total. The van der Waals surface area contributed by atoms with E-state index >= 15 is 0 Å². The van der Waals surface area contributed by atoms with Gasteiger partial charge < -0.3 is 9.64 Å². The van der Waals surface area contributed by atoms with Gasteiger partial charge in [-0.2, -0.15) is 0 Å². The molecule has 2 aliphatic heterocycles. The number of rotatable bonds is 4. The first-order valence-electron chi connectivity index (χ1n) is 12.1. The lowest BCUT2D eigenvalue weighted by Crippen LogP contribution is -2.31. The number of aryl methyl sites for hydroxylation is 2. The molecule has 0 radical (unpaired) electrons. The van der Waals surface area contributed by atoms with E-state index in [1.54, 1.807) is 36.1 Å². The molecule has 2 aromatic carbocycles. The van der Waals surface area contributed by atoms with Crippen LogP contribution in [-0.2, 0) is 19.2 Å². The number of fused-ring (bicyclic) bond motifs is 1. The highest BCUT2D eigenvalue weighted by atomic mass is 35.5. The number of amides is 3. The van der Waals surface area contributed by atoms with Crippen LogP contribution in [0.25, 0.3) is 0 Å². The molecule has 0 unspecified atom stereocenters. The Bertz CT molecular complexity index is 1330. The summed E-state index contributed by atoms with van der Waals surface area (Å²) in [5, 5.41) is 0.558. The summed E-state index contributed by atoms with van der Waals surface area (Å²) >= 11 is 6.20. The number of imide groups is 1. The van der Waals surface area contributed by atoms with Crippen molar-refractivity contribution in [3.63, 3.8) is 0 Å². The average molecular weight is 507 g/mol. The van der Waals surface area contributed by atoms with Gasteiger partial charge in [-0.25, -0.2) is 4.90 Å². The highest BCUT2D eigenvalue weighted by molar-refractivity contribution is 6.31. The van der Waals surface area contributed by atoms with E-state index in [9.17, 15) is 19.2 Å². The fourth-order valence-electron chi connectivity index (χ4n) is 5.28. The number of halogens is 1. The SMILES string of the molecule is CC1=CC[C@@H]2C(=O)N(c3ccc(OC(=O)[C@H]4CC(=O)N(c5ccc(C)c(Cl)c5)C4)cc3C)C(=O)[C@@H]2C1. The Hall–Kier alpha value is -3.45. The van der Waals surface area contributed by atoms with Gasteiger partial charge in [-0.3, -0.25) is 19.2 Å². The van der Waals surface area contributed by atoms with Gasteiger partial charge in [0.1, 0.15) is 5.75 Å². The minimum Gasteiger partial charge on any atom is -0.426 e. The normalized spacial score (nSPS) is 23.7. The van der Waals surface area contributed by atoms with Gasteiger partial charge in [-0.1, -0.05) is 29.3 Å². The van der Waals surface area contributed by atoms with Gasteiger partial charge in [0.2, 0.25) is 17.7 Å². The van der Waals surface area contributed by atoms with Crippen LogP contribution in [0.1, 0.15) is 37.3 Å². The third-order valence-electron chi connectivity index (χ3n) is 7.38. The fraction of sp³-hybridized carbons (Fsp3) is 0.357. The summed E-state index contributed by atoms with van der Waals surface area (Å²) in [6, 6.07) is 10.2. The summed E-state index contributed by atoms with van der Waals surface area (Å²) in [6.07, 6.45) is 3.27. The summed E-state index contributed by atoms with van der Waals surface area (Å²) < 4.78 is 5.59. The third-order valence-corrected chi connectivity index (χ3v) is 7.78. The number of benzene rings is 2. The molecule has 2 fully saturated rings. The Balaban J connectivity index is 1.28. The monoisotopic (exact) mass is 506 g/mol. The highest BCUT2D eigenvalue weighted by Crippen LogP contribution is 2.41. The van der Waals surface area contributed by atoms with Crippen LogP contribution in [-0.4, -0.2) is 30.2 Å². The molecule has 3 aliphatic rings. The van der Waals surface area contributed by atoms with Crippen LogP contribution in [0.3, 0.4) is 0 Å². The van der Waals surface area contributed by atoms with E-state index in [0.29, 0.717) is 40.6 Å². The van der Waals surface area contributed by atoms with Crippen LogP contribution in [0.2, 0.25) is 5.02 Å². The van der Waals surface area contributed by atoms with Gasteiger partial charge in [0.25, 0.3) is 0 Å². The van der Waals surface area contributed by atoms with E-state index in [0.717, 1.165) is 11.1 Å². The van der Waals surface area contributed by atoms with Crippen molar-refractivity contribution in [2.45, 2.75) is 40.0 Å². The van der Waals surface area contributed by atoms with Crippen LogP contribution in [0.15, 0.2) is 48.0 Å². The average Bonchev–Trinajstić information content (AvgIpc) is 3.33. The first-order valence-corrected chi connectivity index (χ1v) is 12.4. The first-order chi connectivity index (χ1) is 17.1. The predicted molar refractivity (Wildman–Crippen MR) is 136 cm³/mol. The molecule has 3 amide bonds. The fourth-order valence-corrected chi connectivity index (χ4v) is 5.46. The lowest BCUT2D eigenvalue weighted by atomic mass is 9.82. The summed E-state index contributed by atoms with van der Waals surface area (Å²) in [4.78, 5) is 54.3. The first kappa shape index (κ1) is 24.3. The minimum absolute atomic E-state index is 0.0500. The van der Waals surface area contributed by atoms with Crippen molar-refractivity contribution >= 4 is 46.7 Å². The molecule has 2 saturated heterocycles. The Morgan fingerprint density at radius 1 is 0.944 bits per heavy atom. The molecule has 7 nitrogen and oxygen atoms in total. The summed E-state index contributed by atoms with van der Waals surface area (Å²) in [7, 11) is 0. The lowest BCUT2D eigenvalue weighted by Gasteiger charge is -2.19. The van der Waals surface area contributed by atoms with Crippen molar-refractivity contribution in [2.24, 2.45) is 17.8 Å². The summed E-state index contributed by atoms with van der Waals surface area (Å²) in [5.41, 5.74) is 3.86. The van der Waals surface area contributed by atoms with Crippen molar-refractivity contribution in [2.75, 3.05) is 16.3 Å². The van der Waals surface area contributed by atoms with Crippen LogP contribution < -0.4 is 14.5 Å². The highest BCUT2D eigenvalue weighted by Gasteiger charge is 2.49. The zero-order chi connectivity index (χ0) is 25.7. The van der Waals surface area contributed by atoms with Gasteiger partial charge in [0.05, 0.1) is 23.4 Å². The van der Waals surface area contributed by atoms with Gasteiger partial charge in [0.15, 0.2) is 0 Å². The Kier molecular flexibility index (Phi) is 6.20. The molecule has 186 valence electrons. The molecular weight excluding hydrogens is 480 g/mol. The van der Waals surface area contributed by atoms with Crippen LogP contribution >= 0.6 is 11.6 Å². The largest absolute Gasteiger partial charge is 0.426 e. The number of allylic oxidation sites excluding steroid dienone is 2. The number of carbonyl (C=O) groups is 4. The molecule has 1 aliphatic carbocycles. The molecule has 3 atom stereocenters. The molecule has 0 bridgehead atoms. The molecule has 36 heavy (non-hydrogen) atoms. The zero-order valence-corrected chi connectivity index (χ0v) is 21.2. The number of anilines is 2. The van der Waals surface area contributed by atoms with Gasteiger partial charge in [0, 0.05) is 23.7 Å². The van der Waals surface area contributed by atoms with Gasteiger partial charge >= 0.3 is 5.97 Å². The summed E-state index contributed by atoms with van der Waals surface area (Å²) in [5.74, 6) is -1.96. The summed E-state index contributed by atoms with van der Waals surface area (Å²) in [6.45, 7) is 5.85. The number of nitrogens with zero attached hydrogens (tertiary/aromatic N) is 2. The Labute approximate surface area is 214 Å². The minimum atomic E-state index is -0.613. The standard InChI is InChI=1S/C28H27ClN2O5/c1-15-4-8-21-22(10-15)27(34)31(26(21)33)24-9-7-20(11-17(24)3)36-28(35)18-12-25(32)30(14-18)19-6-5-16(2)23(29)13-19/h4-7,9,11,13,18,21-22H,8,10,12,14H2,1-3H3/t18-,21-,22+/m0/s1. The van der Waals surface area contributed by atoms with Crippen molar-refractivity contribution < 1.29 is 23.9 Å². The number of hydrogen-bond donors (Lipinski definition) is 0. The molecule has 0 aromatic heterocycles. The number of esters is 1. The van der Waals surface area contributed by atoms with E-state index in [1.165, 1.54) is 4.90 Å². The van der Waals surface area contributed by atoms with Crippen LogP contribution in [0.4, 0.5) is 11.4 Å². The smallest absolute Gasteiger partial charge is 0.316 e. The second-order valence-electron chi connectivity index (χ2n) is 9.92. The maximum atomic E-state index is 13.1. The van der Waals surface area contributed by atoms with E-state index in [4.69, 9.17) is 16.3 Å². The maximum Gasteiger partial charge on any atom is 0.316 e. The number of carbonyl (C=O) groups excluding carboxylic acids is 4. The Morgan fingerprint density at radius 3 is 2.42 bits per heavy atom. The van der Waals surface area contributed by atoms with E-state index in [2.05, 4.69) is 0 Å². The van der Waals surface area contributed by atoms with Crippen molar-refractivity contribution in [3.8, 4) is 5.75 Å². The quantitative estimate of drug-likeness (QED) is 0.258. The van der Waals surface area contributed by atoms with Crippen LogP contribution in [0, 0.1) is 31.6 Å². The topological polar surface area (TPSA) is 84.0 Å². The molecule has 2 heterocycles. The van der Waals surface area contributed by atoms with E-state index in [1.807, 2.05) is 32.1 Å². The predicted octanol–water partition coefficient (Wildman–Crippen LogP) is 4.76. The molecule has 0 saturated carbocycles.